The first-order valence-electron chi connectivity index (χ1n) is 6.78. The summed E-state index contributed by atoms with van der Waals surface area (Å²) < 4.78 is 10.9. The predicted molar refractivity (Wildman–Crippen MR) is 75.0 cm³/mol. The van der Waals surface area contributed by atoms with Crippen molar-refractivity contribution in [1.29, 1.82) is 0 Å². The van der Waals surface area contributed by atoms with E-state index in [0.717, 1.165) is 19.6 Å². The maximum Gasteiger partial charge on any atom is 0.251 e. The normalized spacial score (nSPS) is 18.2. The first-order chi connectivity index (χ1) is 9.65. The van der Waals surface area contributed by atoms with Crippen molar-refractivity contribution in [3.8, 4) is 5.88 Å². The van der Waals surface area contributed by atoms with Gasteiger partial charge in [0, 0.05) is 37.3 Å². The van der Waals surface area contributed by atoms with Gasteiger partial charge in [-0.15, -0.1) is 0 Å². The van der Waals surface area contributed by atoms with E-state index >= 15 is 0 Å². The van der Waals surface area contributed by atoms with Gasteiger partial charge in [0.05, 0.1) is 13.2 Å². The number of amides is 1. The fourth-order valence-electron chi connectivity index (χ4n) is 1.89. The molecule has 1 fully saturated rings. The summed E-state index contributed by atoms with van der Waals surface area (Å²) >= 11 is 0. The molecule has 6 nitrogen and oxygen atoms in total. The maximum absolute atomic E-state index is 12.0. The molecule has 20 heavy (non-hydrogen) atoms. The largest absolute Gasteiger partial charge is 0.472 e. The Morgan fingerprint density at radius 1 is 1.60 bits per heavy atom. The third-order valence-corrected chi connectivity index (χ3v) is 3.02. The highest BCUT2D eigenvalue weighted by molar-refractivity contribution is 5.94. The number of carbonyl (C=O) groups excluding carboxylic acids is 1. The second-order valence-corrected chi connectivity index (χ2v) is 5.05. The number of aromatic nitrogens is 1. The second-order valence-electron chi connectivity index (χ2n) is 5.05. The predicted octanol–water partition coefficient (Wildman–Crippen LogP) is 0.541. The van der Waals surface area contributed by atoms with Gasteiger partial charge in [0.15, 0.2) is 0 Å². The Morgan fingerprint density at radius 2 is 2.45 bits per heavy atom. The van der Waals surface area contributed by atoms with E-state index in [1.165, 1.54) is 0 Å². The van der Waals surface area contributed by atoms with Crippen LogP contribution >= 0.6 is 0 Å². The molecule has 1 N–H and O–H groups in total. The van der Waals surface area contributed by atoms with E-state index < -0.39 is 0 Å². The third-order valence-electron chi connectivity index (χ3n) is 3.02. The van der Waals surface area contributed by atoms with Crippen LogP contribution < -0.4 is 10.1 Å². The van der Waals surface area contributed by atoms with Crippen LogP contribution in [0.25, 0.3) is 0 Å². The number of nitrogens with zero attached hydrogens (tertiary/aromatic N) is 2. The number of likely N-dealkylation sites (N-methyl/N-ethyl adjacent to an activating group) is 1. The van der Waals surface area contributed by atoms with Gasteiger partial charge in [0.25, 0.3) is 5.91 Å². The highest BCUT2D eigenvalue weighted by Gasteiger charge is 2.18. The van der Waals surface area contributed by atoms with Gasteiger partial charge >= 0.3 is 0 Å². The molecule has 0 saturated carbocycles. The van der Waals surface area contributed by atoms with E-state index in [9.17, 15) is 4.79 Å². The molecule has 0 spiro atoms. The number of pyridine rings is 1. The highest BCUT2D eigenvalue weighted by Crippen LogP contribution is 2.15. The Hall–Kier alpha value is -1.66. The Kier molecular flexibility index (Phi) is 5.31. The zero-order chi connectivity index (χ0) is 14.4. The summed E-state index contributed by atoms with van der Waals surface area (Å²) in [6, 6.07) is 3.35. The van der Waals surface area contributed by atoms with Crippen LogP contribution in [0.15, 0.2) is 18.3 Å². The molecule has 1 saturated heterocycles. The molecular weight excluding hydrogens is 258 g/mol. The lowest BCUT2D eigenvalue weighted by molar-refractivity contribution is 0.0949. The fourth-order valence-corrected chi connectivity index (χ4v) is 1.89. The first kappa shape index (κ1) is 14.7. The summed E-state index contributed by atoms with van der Waals surface area (Å²) in [5.74, 6) is 0.363. The molecule has 0 aromatic carbocycles. The molecule has 0 bridgehead atoms. The molecule has 0 radical (unpaired) electrons. The van der Waals surface area contributed by atoms with Crippen molar-refractivity contribution in [2.75, 3.05) is 40.4 Å². The number of hydrogen-bond donors (Lipinski definition) is 1. The van der Waals surface area contributed by atoms with Gasteiger partial charge in [-0.3, -0.25) is 4.79 Å². The van der Waals surface area contributed by atoms with E-state index in [1.807, 2.05) is 19.0 Å². The van der Waals surface area contributed by atoms with Gasteiger partial charge in [0.1, 0.15) is 6.10 Å². The van der Waals surface area contributed by atoms with Gasteiger partial charge in [-0.25, -0.2) is 4.98 Å². The Morgan fingerprint density at radius 3 is 3.15 bits per heavy atom. The van der Waals surface area contributed by atoms with Crippen molar-refractivity contribution in [3.63, 3.8) is 0 Å². The average Bonchev–Trinajstić information content (AvgIpc) is 2.91. The van der Waals surface area contributed by atoms with Crippen LogP contribution in [0.1, 0.15) is 16.8 Å². The third kappa shape index (κ3) is 4.47. The minimum atomic E-state index is -0.109. The molecule has 1 aromatic rings. The van der Waals surface area contributed by atoms with E-state index in [1.54, 1.807) is 18.3 Å². The first-order valence-corrected chi connectivity index (χ1v) is 6.78. The number of nitrogens with one attached hydrogen (secondary N) is 1. The van der Waals surface area contributed by atoms with Crippen molar-refractivity contribution >= 4 is 5.91 Å². The lowest BCUT2D eigenvalue weighted by atomic mass is 10.2. The van der Waals surface area contributed by atoms with Gasteiger partial charge in [-0.1, -0.05) is 0 Å². The van der Waals surface area contributed by atoms with Crippen LogP contribution in [0.3, 0.4) is 0 Å². The molecule has 1 aromatic heterocycles. The van der Waals surface area contributed by atoms with Crippen LogP contribution in [-0.2, 0) is 4.74 Å². The Bertz CT molecular complexity index is 445. The van der Waals surface area contributed by atoms with Crippen LogP contribution in [0.2, 0.25) is 0 Å². The zero-order valence-electron chi connectivity index (χ0n) is 12.0. The quantitative estimate of drug-likeness (QED) is 0.823. The summed E-state index contributed by atoms with van der Waals surface area (Å²) in [5, 5.41) is 2.86. The molecule has 1 atom stereocenters. The van der Waals surface area contributed by atoms with Gasteiger partial charge < -0.3 is 19.7 Å². The second kappa shape index (κ2) is 7.21. The summed E-state index contributed by atoms with van der Waals surface area (Å²) in [7, 11) is 3.93. The number of rotatable bonds is 6. The summed E-state index contributed by atoms with van der Waals surface area (Å²) in [6.07, 6.45) is 2.49. The molecule has 1 unspecified atom stereocenters. The Balaban J connectivity index is 1.89. The lowest BCUT2D eigenvalue weighted by Crippen LogP contribution is -2.31. The standard InChI is InChI=1S/C14H21N3O3/c1-17(2)7-6-16-14(18)11-3-5-15-13(9-11)20-12-4-8-19-10-12/h3,5,9,12H,4,6-8,10H2,1-2H3,(H,16,18). The van der Waals surface area contributed by atoms with Crippen LogP contribution in [-0.4, -0.2) is 62.3 Å². The molecule has 1 amide bonds. The van der Waals surface area contributed by atoms with Crippen molar-refractivity contribution in [2.45, 2.75) is 12.5 Å². The minimum Gasteiger partial charge on any atom is -0.472 e. The minimum absolute atomic E-state index is 0.0366. The number of hydrogen-bond acceptors (Lipinski definition) is 5. The molecular formula is C14H21N3O3. The van der Waals surface area contributed by atoms with E-state index in [4.69, 9.17) is 9.47 Å². The molecule has 0 aliphatic carbocycles. The number of ether oxygens (including phenoxy) is 2. The summed E-state index contributed by atoms with van der Waals surface area (Å²) in [6.45, 7) is 2.72. The molecule has 6 heteroatoms. The molecule has 1 aliphatic rings. The lowest BCUT2D eigenvalue weighted by Gasteiger charge is -2.12. The average molecular weight is 279 g/mol. The SMILES string of the molecule is CN(C)CCNC(=O)c1ccnc(OC2CCOC2)c1. The van der Waals surface area contributed by atoms with Gasteiger partial charge in [-0.05, 0) is 20.2 Å². The Labute approximate surface area is 119 Å². The number of carbonyl (C=O) groups is 1. The van der Waals surface area contributed by atoms with Crippen LogP contribution in [0.5, 0.6) is 5.88 Å². The summed E-state index contributed by atoms with van der Waals surface area (Å²) in [5.41, 5.74) is 0.563. The van der Waals surface area contributed by atoms with Crippen LogP contribution in [0, 0.1) is 0 Å². The topological polar surface area (TPSA) is 63.7 Å². The maximum atomic E-state index is 12.0. The van der Waals surface area contributed by atoms with E-state index in [-0.39, 0.29) is 12.0 Å². The smallest absolute Gasteiger partial charge is 0.251 e. The zero-order valence-corrected chi connectivity index (χ0v) is 12.0. The summed E-state index contributed by atoms with van der Waals surface area (Å²) in [4.78, 5) is 18.1. The molecule has 2 heterocycles. The van der Waals surface area contributed by atoms with Gasteiger partial charge in [-0.2, -0.15) is 0 Å². The van der Waals surface area contributed by atoms with E-state index in [2.05, 4.69) is 10.3 Å². The fraction of sp³-hybridized carbons (Fsp3) is 0.571. The van der Waals surface area contributed by atoms with Crippen molar-refractivity contribution in [3.05, 3.63) is 23.9 Å². The van der Waals surface area contributed by atoms with E-state index in [0.29, 0.717) is 24.6 Å². The van der Waals surface area contributed by atoms with Crippen LogP contribution in [0.4, 0.5) is 0 Å². The van der Waals surface area contributed by atoms with Crippen molar-refractivity contribution in [1.82, 2.24) is 15.2 Å². The highest BCUT2D eigenvalue weighted by atomic mass is 16.5. The molecule has 2 rings (SSSR count). The monoisotopic (exact) mass is 279 g/mol. The van der Waals surface area contributed by atoms with Crippen molar-refractivity contribution in [2.24, 2.45) is 0 Å². The van der Waals surface area contributed by atoms with Crippen molar-refractivity contribution < 1.29 is 14.3 Å². The molecule has 110 valence electrons. The van der Waals surface area contributed by atoms with Gasteiger partial charge in [0.2, 0.25) is 5.88 Å². The molecule has 1 aliphatic heterocycles.